The third-order valence-electron chi connectivity index (χ3n) is 2.38. The number of benzene rings is 1. The zero-order chi connectivity index (χ0) is 12.1. The van der Waals surface area contributed by atoms with E-state index < -0.39 is 0 Å². The number of carbonyl (C=O) groups is 1. The van der Waals surface area contributed by atoms with Crippen LogP contribution in [0, 0.1) is 11.8 Å². The van der Waals surface area contributed by atoms with E-state index in [0.717, 1.165) is 17.4 Å². The van der Waals surface area contributed by atoms with E-state index in [0.29, 0.717) is 5.56 Å². The number of aromatic nitrogens is 1. The van der Waals surface area contributed by atoms with Gasteiger partial charge in [-0.3, -0.25) is 4.79 Å². The number of aldehydes is 1. The van der Waals surface area contributed by atoms with Gasteiger partial charge in [-0.25, -0.2) is 4.57 Å². The molecule has 17 heavy (non-hydrogen) atoms. The highest BCUT2D eigenvalue weighted by atomic mass is 16.1. The zero-order valence-electron chi connectivity index (χ0n) is 9.55. The maximum absolute atomic E-state index is 10.5. The topological polar surface area (TPSA) is 20.9 Å². The summed E-state index contributed by atoms with van der Waals surface area (Å²) in [4.78, 5) is 10.5. The molecule has 0 saturated carbocycles. The third kappa shape index (κ3) is 3.02. The van der Waals surface area contributed by atoms with Crippen molar-refractivity contribution in [1.29, 1.82) is 0 Å². The van der Waals surface area contributed by atoms with Crippen LogP contribution in [0.15, 0.2) is 48.8 Å². The normalized spacial score (nSPS) is 9.24. The Kier molecular flexibility index (Phi) is 3.32. The molecule has 0 atom stereocenters. The second-order valence-electron chi connectivity index (χ2n) is 3.74. The highest BCUT2D eigenvalue weighted by Crippen LogP contribution is 2.01. The predicted octanol–water partition coefficient (Wildman–Crippen LogP) is 1.72. The molecule has 0 unspecified atom stereocenters. The lowest BCUT2D eigenvalue weighted by molar-refractivity contribution is -0.671. The average molecular weight is 222 g/mol. The molecule has 82 valence electrons. The molecule has 0 fully saturated rings. The molecule has 0 N–H and O–H groups in total. The molecule has 2 aromatic rings. The number of pyridine rings is 1. The molecule has 2 rings (SSSR count). The Morgan fingerprint density at radius 3 is 2.00 bits per heavy atom. The lowest BCUT2D eigenvalue weighted by Gasteiger charge is -1.91. The van der Waals surface area contributed by atoms with Crippen LogP contribution in [0.5, 0.6) is 0 Å². The van der Waals surface area contributed by atoms with Crippen LogP contribution in [-0.4, -0.2) is 6.29 Å². The van der Waals surface area contributed by atoms with Gasteiger partial charge >= 0.3 is 0 Å². The molecule has 0 spiro atoms. The summed E-state index contributed by atoms with van der Waals surface area (Å²) in [6.45, 7) is 0. The fourth-order valence-electron chi connectivity index (χ4n) is 1.37. The first-order valence-electron chi connectivity index (χ1n) is 5.30. The molecule has 0 aliphatic rings. The molecule has 1 aromatic carbocycles. The first-order valence-corrected chi connectivity index (χ1v) is 5.30. The van der Waals surface area contributed by atoms with Gasteiger partial charge in [-0.1, -0.05) is 24.0 Å². The Labute approximate surface area is 101 Å². The van der Waals surface area contributed by atoms with Gasteiger partial charge in [-0.2, -0.15) is 0 Å². The first kappa shape index (κ1) is 11.1. The number of nitrogens with zero attached hydrogens (tertiary/aromatic N) is 1. The molecule has 0 bridgehead atoms. The van der Waals surface area contributed by atoms with Crippen LogP contribution < -0.4 is 4.57 Å². The third-order valence-corrected chi connectivity index (χ3v) is 2.38. The minimum absolute atomic E-state index is 0.669. The second-order valence-corrected chi connectivity index (χ2v) is 3.74. The molecule has 0 radical (unpaired) electrons. The summed E-state index contributed by atoms with van der Waals surface area (Å²) < 4.78 is 1.96. The predicted molar refractivity (Wildman–Crippen MR) is 65.4 cm³/mol. The Hall–Kier alpha value is -2.40. The largest absolute Gasteiger partial charge is 0.298 e. The summed E-state index contributed by atoms with van der Waals surface area (Å²) in [6, 6.07) is 11.2. The van der Waals surface area contributed by atoms with Gasteiger partial charge in [0.1, 0.15) is 13.3 Å². The van der Waals surface area contributed by atoms with Gasteiger partial charge in [0.15, 0.2) is 12.4 Å². The summed E-state index contributed by atoms with van der Waals surface area (Å²) in [5.41, 5.74) is 2.55. The number of hydrogen-bond donors (Lipinski definition) is 0. The molecular weight excluding hydrogens is 210 g/mol. The van der Waals surface area contributed by atoms with Crippen LogP contribution in [0.2, 0.25) is 0 Å². The van der Waals surface area contributed by atoms with E-state index in [-0.39, 0.29) is 0 Å². The van der Waals surface area contributed by atoms with Crippen molar-refractivity contribution in [3.05, 3.63) is 65.5 Å². The number of aryl methyl sites for hydroxylation is 1. The molecule has 2 nitrogen and oxygen atoms in total. The van der Waals surface area contributed by atoms with Crippen molar-refractivity contribution in [3.63, 3.8) is 0 Å². The minimum Gasteiger partial charge on any atom is -0.298 e. The van der Waals surface area contributed by atoms with Crippen molar-refractivity contribution in [3.8, 4) is 11.8 Å². The van der Waals surface area contributed by atoms with Gasteiger partial charge in [-0.15, -0.1) is 0 Å². The van der Waals surface area contributed by atoms with Crippen LogP contribution in [0.3, 0.4) is 0 Å². The van der Waals surface area contributed by atoms with Crippen molar-refractivity contribution in [2.45, 2.75) is 0 Å². The molecule has 0 aliphatic carbocycles. The average Bonchev–Trinajstić information content (AvgIpc) is 2.39. The van der Waals surface area contributed by atoms with Gasteiger partial charge in [0, 0.05) is 28.8 Å². The van der Waals surface area contributed by atoms with Crippen LogP contribution in [0.4, 0.5) is 0 Å². The molecule has 1 heterocycles. The molecular formula is C15H12NO+. The van der Waals surface area contributed by atoms with Crippen LogP contribution in [0.1, 0.15) is 21.5 Å². The fourth-order valence-corrected chi connectivity index (χ4v) is 1.37. The summed E-state index contributed by atoms with van der Waals surface area (Å²) in [5.74, 6) is 6.13. The molecule has 0 aliphatic heterocycles. The standard InChI is InChI=1S/C15H12NO/c1-16-10-8-14(9-11-16)3-2-13-4-6-15(12-17)7-5-13/h4-12H,1H3/q+1. The molecule has 0 amide bonds. The SMILES string of the molecule is C[n+]1ccc(C#Cc2ccc(C=O)cc2)cc1. The molecule has 0 saturated heterocycles. The molecule has 2 heteroatoms. The minimum atomic E-state index is 0.669. The van der Waals surface area contributed by atoms with E-state index >= 15 is 0 Å². The van der Waals surface area contributed by atoms with Crippen molar-refractivity contribution in [2.24, 2.45) is 7.05 Å². The summed E-state index contributed by atoms with van der Waals surface area (Å²) in [6.07, 6.45) is 4.74. The highest BCUT2D eigenvalue weighted by Gasteiger charge is 1.92. The summed E-state index contributed by atoms with van der Waals surface area (Å²) >= 11 is 0. The molecule has 1 aromatic heterocycles. The first-order chi connectivity index (χ1) is 8.28. The van der Waals surface area contributed by atoms with Crippen molar-refractivity contribution in [2.75, 3.05) is 0 Å². The summed E-state index contributed by atoms with van der Waals surface area (Å²) in [5, 5.41) is 0. The number of hydrogen-bond acceptors (Lipinski definition) is 1. The Morgan fingerprint density at radius 2 is 1.47 bits per heavy atom. The quantitative estimate of drug-likeness (QED) is 0.409. The zero-order valence-corrected chi connectivity index (χ0v) is 9.55. The van der Waals surface area contributed by atoms with E-state index in [9.17, 15) is 4.79 Å². The lowest BCUT2D eigenvalue weighted by Crippen LogP contribution is -2.25. The highest BCUT2D eigenvalue weighted by molar-refractivity contribution is 5.74. The van der Waals surface area contributed by atoms with Crippen LogP contribution in [-0.2, 0) is 7.05 Å². The van der Waals surface area contributed by atoms with E-state index in [2.05, 4.69) is 11.8 Å². The van der Waals surface area contributed by atoms with Crippen molar-refractivity contribution < 1.29 is 9.36 Å². The smallest absolute Gasteiger partial charge is 0.169 e. The van der Waals surface area contributed by atoms with E-state index in [4.69, 9.17) is 0 Å². The van der Waals surface area contributed by atoms with E-state index in [1.54, 1.807) is 12.1 Å². The summed E-state index contributed by atoms with van der Waals surface area (Å²) in [7, 11) is 1.97. The monoisotopic (exact) mass is 222 g/mol. The lowest BCUT2D eigenvalue weighted by atomic mass is 10.1. The fraction of sp³-hybridized carbons (Fsp3) is 0.0667. The van der Waals surface area contributed by atoms with E-state index in [1.165, 1.54) is 0 Å². The van der Waals surface area contributed by atoms with Crippen molar-refractivity contribution in [1.82, 2.24) is 0 Å². The van der Waals surface area contributed by atoms with Gasteiger partial charge in [-0.05, 0) is 12.1 Å². The Morgan fingerprint density at radius 1 is 0.941 bits per heavy atom. The van der Waals surface area contributed by atoms with Gasteiger partial charge in [0.05, 0.1) is 0 Å². The van der Waals surface area contributed by atoms with Crippen LogP contribution in [0.25, 0.3) is 0 Å². The van der Waals surface area contributed by atoms with E-state index in [1.807, 2.05) is 48.3 Å². The maximum atomic E-state index is 10.5. The number of carbonyl (C=O) groups excluding carboxylic acids is 1. The van der Waals surface area contributed by atoms with Gasteiger partial charge in [0.2, 0.25) is 0 Å². The van der Waals surface area contributed by atoms with Gasteiger partial charge < -0.3 is 0 Å². The Bertz CT molecular complexity index is 571. The Balaban J connectivity index is 2.20. The van der Waals surface area contributed by atoms with Crippen LogP contribution >= 0.6 is 0 Å². The van der Waals surface area contributed by atoms with Gasteiger partial charge in [0.25, 0.3) is 0 Å². The maximum Gasteiger partial charge on any atom is 0.169 e. The number of rotatable bonds is 1. The second kappa shape index (κ2) is 5.09. The van der Waals surface area contributed by atoms with Crippen molar-refractivity contribution >= 4 is 6.29 Å².